The van der Waals surface area contributed by atoms with Crippen molar-refractivity contribution in [1.29, 1.82) is 0 Å². The van der Waals surface area contributed by atoms with Crippen LogP contribution in [-0.4, -0.2) is 69.7 Å². The molecule has 0 saturated carbocycles. The van der Waals surface area contributed by atoms with Crippen LogP contribution < -0.4 is 28.3 Å². The van der Waals surface area contributed by atoms with Crippen molar-refractivity contribution in [2.24, 2.45) is 22.9 Å². The number of rotatable bonds is 8. The van der Waals surface area contributed by atoms with Crippen molar-refractivity contribution < 1.29 is 39.3 Å². The first-order chi connectivity index (χ1) is 12.4. The van der Waals surface area contributed by atoms with Gasteiger partial charge in [0.05, 0.1) is 6.42 Å². The highest BCUT2D eigenvalue weighted by molar-refractivity contribution is 5.83. The van der Waals surface area contributed by atoms with Crippen molar-refractivity contribution in [1.82, 2.24) is 5.32 Å². The summed E-state index contributed by atoms with van der Waals surface area (Å²) in [4.78, 5) is 50.2. The van der Waals surface area contributed by atoms with Gasteiger partial charge in [0, 0.05) is 6.42 Å². The Bertz CT molecular complexity index is 522. The monoisotopic (exact) mass is 393 g/mol. The fourth-order valence-corrected chi connectivity index (χ4v) is 1.62. The molecule has 13 heteroatoms. The molecule has 0 aromatic carbocycles. The quantitative estimate of drug-likeness (QED) is 0.203. The van der Waals surface area contributed by atoms with Crippen LogP contribution >= 0.6 is 0 Å². The molecule has 0 spiro atoms. The molecule has 1 fully saturated rings. The molecule has 1 heterocycles. The summed E-state index contributed by atoms with van der Waals surface area (Å²) in [6.07, 6.45) is 1.60. The Kier molecular flexibility index (Phi) is 14.1. The summed E-state index contributed by atoms with van der Waals surface area (Å²) in [5, 5.41) is 27.5. The van der Waals surface area contributed by atoms with E-state index in [-0.39, 0.29) is 25.3 Å². The predicted octanol–water partition coefficient (Wildman–Crippen LogP) is -3.24. The molecule has 3 atom stereocenters. The molecule has 1 aliphatic heterocycles. The van der Waals surface area contributed by atoms with Crippen LogP contribution in [0.3, 0.4) is 0 Å². The summed E-state index contributed by atoms with van der Waals surface area (Å²) in [7, 11) is 0. The van der Waals surface area contributed by atoms with E-state index >= 15 is 0 Å². The first kappa shape index (κ1) is 26.5. The fourth-order valence-electron chi connectivity index (χ4n) is 1.62. The van der Waals surface area contributed by atoms with Gasteiger partial charge in [-0.1, -0.05) is 0 Å². The van der Waals surface area contributed by atoms with E-state index in [2.05, 4.69) is 11.1 Å². The molecule has 1 aliphatic rings. The number of amides is 2. The maximum Gasteiger partial charge on any atom is 0.321 e. The van der Waals surface area contributed by atoms with Gasteiger partial charge in [0.2, 0.25) is 11.8 Å². The standard InChI is InChI=1S/C5H10N2O3.C5H9NO2.C4H8N2O3/c6-3(5(9)10)1-2-4(7)8;7-5(8)4-2-1-3-6-4;5-2(4(8)9)1-3(6)7/h3H,1-2,6H2,(H2,7,8)(H,9,10);4,6H,1-3H2,(H,7,8);2H,1,5H2,(H2,6,7)(H,8,9)/t;4-;/m.0./s1. The second kappa shape index (κ2) is 14.4. The molecule has 2 unspecified atom stereocenters. The molecule has 2 amide bonds. The Morgan fingerprint density at radius 1 is 0.926 bits per heavy atom. The lowest BCUT2D eigenvalue weighted by molar-refractivity contribution is -0.140. The molecule has 156 valence electrons. The van der Waals surface area contributed by atoms with E-state index in [1.807, 2.05) is 0 Å². The zero-order valence-electron chi connectivity index (χ0n) is 14.7. The first-order valence-corrected chi connectivity index (χ1v) is 7.88. The fraction of sp³-hybridized carbons (Fsp3) is 0.643. The van der Waals surface area contributed by atoms with Crippen LogP contribution in [-0.2, 0) is 24.0 Å². The Morgan fingerprint density at radius 3 is 1.67 bits per heavy atom. The Labute approximate surface area is 155 Å². The van der Waals surface area contributed by atoms with Gasteiger partial charge in [-0.15, -0.1) is 0 Å². The van der Waals surface area contributed by atoms with Gasteiger partial charge in [-0.25, -0.2) is 0 Å². The number of hydrogen-bond donors (Lipinski definition) is 8. The lowest BCUT2D eigenvalue weighted by Crippen LogP contribution is -2.34. The smallest absolute Gasteiger partial charge is 0.321 e. The Hall–Kier alpha value is -2.77. The van der Waals surface area contributed by atoms with Gasteiger partial charge in [0.1, 0.15) is 18.1 Å². The third-order valence-corrected chi connectivity index (χ3v) is 3.12. The SMILES string of the molecule is NC(=O)CC(N)C(=O)O.NC(=O)CCC(N)C(=O)O.O=C(O)[C@@H]1CCCN1. The van der Waals surface area contributed by atoms with Gasteiger partial charge in [-0.2, -0.15) is 0 Å². The van der Waals surface area contributed by atoms with Crippen molar-refractivity contribution >= 4 is 29.7 Å². The molecular formula is C14H27N5O8. The molecular weight excluding hydrogens is 366 g/mol. The number of carboxylic acid groups (broad SMARTS) is 3. The molecule has 27 heavy (non-hydrogen) atoms. The van der Waals surface area contributed by atoms with Crippen molar-refractivity contribution in [2.45, 2.75) is 50.2 Å². The third-order valence-electron chi connectivity index (χ3n) is 3.12. The molecule has 0 aromatic heterocycles. The molecule has 1 rings (SSSR count). The molecule has 0 radical (unpaired) electrons. The average Bonchev–Trinajstić information content (AvgIpc) is 3.07. The molecule has 0 aliphatic carbocycles. The minimum atomic E-state index is -1.21. The topological polar surface area (TPSA) is 262 Å². The van der Waals surface area contributed by atoms with Crippen LogP contribution in [0.5, 0.6) is 0 Å². The first-order valence-electron chi connectivity index (χ1n) is 7.88. The number of carbonyl (C=O) groups excluding carboxylic acids is 2. The summed E-state index contributed by atoms with van der Waals surface area (Å²) in [5.41, 5.74) is 19.4. The van der Waals surface area contributed by atoms with Crippen molar-refractivity contribution in [3.8, 4) is 0 Å². The highest BCUT2D eigenvalue weighted by atomic mass is 16.4. The zero-order valence-corrected chi connectivity index (χ0v) is 14.7. The molecule has 0 bridgehead atoms. The number of nitrogens with one attached hydrogen (secondary N) is 1. The van der Waals surface area contributed by atoms with Crippen LogP contribution in [0.4, 0.5) is 0 Å². The van der Waals surface area contributed by atoms with Crippen LogP contribution in [0.1, 0.15) is 32.1 Å². The highest BCUT2D eigenvalue weighted by Crippen LogP contribution is 2.03. The van der Waals surface area contributed by atoms with Crippen LogP contribution in [0.2, 0.25) is 0 Å². The van der Waals surface area contributed by atoms with Crippen molar-refractivity contribution in [2.75, 3.05) is 6.54 Å². The number of carbonyl (C=O) groups is 5. The second-order valence-corrected chi connectivity index (χ2v) is 5.55. The highest BCUT2D eigenvalue weighted by Gasteiger charge is 2.20. The number of aliphatic carboxylic acids is 3. The molecule has 0 aromatic rings. The van der Waals surface area contributed by atoms with E-state index in [1.165, 1.54) is 0 Å². The van der Waals surface area contributed by atoms with Crippen molar-refractivity contribution in [3.63, 3.8) is 0 Å². The van der Waals surface area contributed by atoms with Gasteiger partial charge >= 0.3 is 17.9 Å². The summed E-state index contributed by atoms with van der Waals surface area (Å²) >= 11 is 0. The normalized spacial score (nSPS) is 17.2. The van der Waals surface area contributed by atoms with E-state index in [9.17, 15) is 24.0 Å². The van der Waals surface area contributed by atoms with E-state index in [1.54, 1.807) is 0 Å². The Morgan fingerprint density at radius 2 is 1.44 bits per heavy atom. The van der Waals surface area contributed by atoms with Crippen LogP contribution in [0, 0.1) is 0 Å². The van der Waals surface area contributed by atoms with E-state index < -0.39 is 41.8 Å². The maximum atomic E-state index is 10.1. The molecule has 1 saturated heterocycles. The summed E-state index contributed by atoms with van der Waals surface area (Å²) in [5.74, 6) is -4.28. The van der Waals surface area contributed by atoms with Gasteiger partial charge in [0.15, 0.2) is 0 Å². The summed E-state index contributed by atoms with van der Waals surface area (Å²) in [6, 6.07) is -2.41. The molecule has 13 nitrogen and oxygen atoms in total. The van der Waals surface area contributed by atoms with E-state index in [0.29, 0.717) is 0 Å². The number of primary amides is 2. The average molecular weight is 393 g/mol. The maximum absolute atomic E-state index is 10.1. The third kappa shape index (κ3) is 16.4. The second-order valence-electron chi connectivity index (χ2n) is 5.55. The van der Waals surface area contributed by atoms with Crippen LogP contribution in [0.15, 0.2) is 0 Å². The van der Waals surface area contributed by atoms with Gasteiger partial charge in [-0.05, 0) is 25.8 Å². The predicted molar refractivity (Wildman–Crippen MR) is 92.1 cm³/mol. The number of hydrogen-bond acceptors (Lipinski definition) is 8. The number of nitrogens with two attached hydrogens (primary N) is 4. The molecule has 12 N–H and O–H groups in total. The number of carboxylic acids is 3. The van der Waals surface area contributed by atoms with E-state index in [0.717, 1.165) is 19.4 Å². The van der Waals surface area contributed by atoms with Crippen LogP contribution in [0.25, 0.3) is 0 Å². The minimum absolute atomic E-state index is 0.0213. The Balaban J connectivity index is 0. The van der Waals surface area contributed by atoms with E-state index in [4.69, 9.17) is 32.5 Å². The minimum Gasteiger partial charge on any atom is -0.480 e. The summed E-state index contributed by atoms with van der Waals surface area (Å²) < 4.78 is 0. The van der Waals surface area contributed by atoms with Gasteiger partial charge in [0.25, 0.3) is 0 Å². The largest absolute Gasteiger partial charge is 0.480 e. The van der Waals surface area contributed by atoms with Gasteiger partial charge in [-0.3, -0.25) is 24.0 Å². The van der Waals surface area contributed by atoms with Crippen molar-refractivity contribution in [3.05, 3.63) is 0 Å². The summed E-state index contributed by atoms with van der Waals surface area (Å²) in [6.45, 7) is 0.858. The zero-order chi connectivity index (χ0) is 21.6. The lowest BCUT2D eigenvalue weighted by atomic mass is 10.2. The van der Waals surface area contributed by atoms with Gasteiger partial charge < -0.3 is 43.6 Å². The lowest BCUT2D eigenvalue weighted by Gasteiger charge is -2.01.